The molecule has 2 atom stereocenters. The molecule has 0 radical (unpaired) electrons. The van der Waals surface area contributed by atoms with Crippen molar-refractivity contribution >= 4 is 23.4 Å². The Balaban J connectivity index is 3.02. The van der Waals surface area contributed by atoms with Crippen LogP contribution in [0.4, 0.5) is 5.69 Å². The summed E-state index contributed by atoms with van der Waals surface area (Å²) in [6, 6.07) is 1.52. The van der Waals surface area contributed by atoms with E-state index < -0.39 is 12.1 Å². The lowest BCUT2D eigenvalue weighted by molar-refractivity contribution is 0.0596. The number of methoxy groups -OCH3 is 1. The molecule has 0 aliphatic heterocycles. The van der Waals surface area contributed by atoms with E-state index in [0.29, 0.717) is 16.3 Å². The molecule has 94 valence electrons. The van der Waals surface area contributed by atoms with Crippen molar-refractivity contribution in [2.24, 2.45) is 0 Å². The molecule has 0 aliphatic rings. The lowest BCUT2D eigenvalue weighted by Crippen LogP contribution is -2.16. The van der Waals surface area contributed by atoms with E-state index in [1.54, 1.807) is 6.92 Å². The Morgan fingerprint density at radius 1 is 1.59 bits per heavy atom. The Morgan fingerprint density at radius 2 is 2.24 bits per heavy atom. The molecule has 6 heteroatoms. The van der Waals surface area contributed by atoms with Crippen molar-refractivity contribution < 1.29 is 14.6 Å². The number of carbonyl (C=O) groups is 1. The van der Waals surface area contributed by atoms with Gasteiger partial charge in [0.25, 0.3) is 0 Å². The van der Waals surface area contributed by atoms with Gasteiger partial charge in [0.15, 0.2) is 0 Å². The number of thioether (sulfide) groups is 1. The maximum absolute atomic E-state index is 11.5. The zero-order valence-electron chi connectivity index (χ0n) is 10.0. The largest absolute Gasteiger partial charge is 0.465 e. The van der Waals surface area contributed by atoms with Crippen LogP contribution in [0, 0.1) is 0 Å². The Kier molecular flexibility index (Phi) is 4.77. The van der Waals surface area contributed by atoms with Crippen molar-refractivity contribution in [3.05, 3.63) is 17.8 Å². The molecule has 1 rings (SSSR count). The molecule has 0 aliphatic carbocycles. The van der Waals surface area contributed by atoms with E-state index in [0.717, 1.165) is 0 Å². The number of nitrogens with zero attached hydrogens (tertiary/aromatic N) is 1. The number of nitrogen functional groups attached to an aromatic ring is 1. The average molecular weight is 256 g/mol. The fourth-order valence-corrected chi connectivity index (χ4v) is 2.02. The standard InChI is InChI=1S/C11H16N2O3S/c1-6(14)7(2)17-10-9(11(15)16-3)4-8(12)5-13-10/h4-7,14H,12H2,1-3H3. The molecule has 0 spiro atoms. The summed E-state index contributed by atoms with van der Waals surface area (Å²) in [5.74, 6) is -0.481. The van der Waals surface area contributed by atoms with E-state index in [-0.39, 0.29) is 5.25 Å². The molecule has 1 aromatic heterocycles. The van der Waals surface area contributed by atoms with Gasteiger partial charge >= 0.3 is 5.97 Å². The second-order valence-electron chi connectivity index (χ2n) is 3.68. The molecule has 0 saturated carbocycles. The maximum atomic E-state index is 11.5. The van der Waals surface area contributed by atoms with Gasteiger partial charge < -0.3 is 15.6 Å². The number of rotatable bonds is 4. The summed E-state index contributed by atoms with van der Waals surface area (Å²) in [5, 5.41) is 9.87. The van der Waals surface area contributed by atoms with Gasteiger partial charge in [0.2, 0.25) is 0 Å². The molecular weight excluding hydrogens is 240 g/mol. The number of esters is 1. The predicted molar refractivity (Wildman–Crippen MR) is 67.0 cm³/mol. The van der Waals surface area contributed by atoms with Crippen LogP contribution >= 0.6 is 11.8 Å². The molecule has 1 heterocycles. The maximum Gasteiger partial charge on any atom is 0.340 e. The second-order valence-corrected chi connectivity index (χ2v) is 5.04. The third-order valence-electron chi connectivity index (χ3n) is 2.25. The summed E-state index contributed by atoms with van der Waals surface area (Å²) in [6.07, 6.45) is 0.980. The van der Waals surface area contributed by atoms with Crippen LogP contribution in [0.3, 0.4) is 0 Å². The number of pyridine rings is 1. The lowest BCUT2D eigenvalue weighted by Gasteiger charge is -2.15. The third-order valence-corrected chi connectivity index (χ3v) is 3.57. The number of nitrogens with two attached hydrogens (primary N) is 1. The molecule has 17 heavy (non-hydrogen) atoms. The van der Waals surface area contributed by atoms with Crippen LogP contribution in [0.5, 0.6) is 0 Å². The molecule has 0 saturated heterocycles. The summed E-state index contributed by atoms with van der Waals surface area (Å²) in [5.41, 5.74) is 6.31. The van der Waals surface area contributed by atoms with Crippen LogP contribution in [0.25, 0.3) is 0 Å². The lowest BCUT2D eigenvalue weighted by atomic mass is 10.3. The first-order chi connectivity index (χ1) is 7.95. The minimum absolute atomic E-state index is 0.0745. The van der Waals surface area contributed by atoms with Crippen LogP contribution in [-0.4, -0.2) is 34.5 Å². The molecule has 3 N–H and O–H groups in total. The quantitative estimate of drug-likeness (QED) is 0.624. The highest BCUT2D eigenvalue weighted by Gasteiger charge is 2.18. The number of anilines is 1. The van der Waals surface area contributed by atoms with E-state index >= 15 is 0 Å². The highest BCUT2D eigenvalue weighted by molar-refractivity contribution is 8.00. The van der Waals surface area contributed by atoms with Crippen LogP contribution in [0.2, 0.25) is 0 Å². The molecule has 1 aromatic rings. The minimum Gasteiger partial charge on any atom is -0.465 e. The van der Waals surface area contributed by atoms with E-state index in [9.17, 15) is 9.90 Å². The molecule has 0 bridgehead atoms. The van der Waals surface area contributed by atoms with E-state index in [1.165, 1.54) is 31.1 Å². The van der Waals surface area contributed by atoms with Crippen LogP contribution < -0.4 is 5.73 Å². The van der Waals surface area contributed by atoms with E-state index in [2.05, 4.69) is 9.72 Å². The highest BCUT2D eigenvalue weighted by atomic mass is 32.2. The summed E-state index contributed by atoms with van der Waals surface area (Å²) in [4.78, 5) is 15.6. The SMILES string of the molecule is COC(=O)c1cc(N)cnc1SC(C)C(C)O. The van der Waals surface area contributed by atoms with Crippen molar-refractivity contribution in [1.29, 1.82) is 0 Å². The van der Waals surface area contributed by atoms with Gasteiger partial charge in [-0.15, -0.1) is 0 Å². The number of carbonyl (C=O) groups excluding carboxylic acids is 1. The normalized spacial score (nSPS) is 14.1. The van der Waals surface area contributed by atoms with Gasteiger partial charge in [-0.25, -0.2) is 9.78 Å². The Bertz CT molecular complexity index is 410. The van der Waals surface area contributed by atoms with E-state index in [1.807, 2.05) is 6.92 Å². The van der Waals surface area contributed by atoms with Crippen LogP contribution in [0.1, 0.15) is 24.2 Å². The fourth-order valence-electron chi connectivity index (χ4n) is 1.09. The highest BCUT2D eigenvalue weighted by Crippen LogP contribution is 2.28. The zero-order chi connectivity index (χ0) is 13.0. The minimum atomic E-state index is -0.496. The number of aliphatic hydroxyl groups excluding tert-OH is 1. The van der Waals surface area contributed by atoms with Gasteiger partial charge in [0, 0.05) is 5.25 Å². The third kappa shape index (κ3) is 3.61. The molecular formula is C11H16N2O3S. The van der Waals surface area contributed by atoms with Gasteiger partial charge in [-0.3, -0.25) is 0 Å². The van der Waals surface area contributed by atoms with Crippen molar-refractivity contribution in [2.45, 2.75) is 30.2 Å². The number of aliphatic hydroxyl groups is 1. The van der Waals surface area contributed by atoms with Gasteiger partial charge in [0.1, 0.15) is 5.03 Å². The first kappa shape index (κ1) is 13.8. The Morgan fingerprint density at radius 3 is 2.76 bits per heavy atom. The molecule has 0 aromatic carbocycles. The second kappa shape index (κ2) is 5.88. The smallest absolute Gasteiger partial charge is 0.340 e. The monoisotopic (exact) mass is 256 g/mol. The van der Waals surface area contributed by atoms with E-state index in [4.69, 9.17) is 5.73 Å². The van der Waals surface area contributed by atoms with Gasteiger partial charge in [0.05, 0.1) is 30.7 Å². The van der Waals surface area contributed by atoms with Crippen molar-refractivity contribution in [3.8, 4) is 0 Å². The fraction of sp³-hybridized carbons (Fsp3) is 0.455. The predicted octanol–water partition coefficient (Wildman–Crippen LogP) is 1.31. The first-order valence-electron chi connectivity index (χ1n) is 5.14. The number of ether oxygens (including phenoxy) is 1. The first-order valence-corrected chi connectivity index (χ1v) is 6.02. The topological polar surface area (TPSA) is 85.4 Å². The van der Waals surface area contributed by atoms with Crippen molar-refractivity contribution in [1.82, 2.24) is 4.98 Å². The summed E-state index contributed by atoms with van der Waals surface area (Å²) >= 11 is 1.31. The summed E-state index contributed by atoms with van der Waals surface area (Å²) < 4.78 is 4.66. The van der Waals surface area contributed by atoms with Gasteiger partial charge in [-0.1, -0.05) is 18.7 Å². The van der Waals surface area contributed by atoms with Crippen LogP contribution in [0.15, 0.2) is 17.3 Å². The summed E-state index contributed by atoms with van der Waals surface area (Å²) in [7, 11) is 1.30. The Labute approximate surface area is 104 Å². The molecule has 5 nitrogen and oxygen atoms in total. The van der Waals surface area contributed by atoms with Crippen LogP contribution in [-0.2, 0) is 4.74 Å². The number of hydrogen-bond acceptors (Lipinski definition) is 6. The summed E-state index contributed by atoms with van der Waals surface area (Å²) in [6.45, 7) is 3.54. The van der Waals surface area contributed by atoms with Gasteiger partial charge in [-0.2, -0.15) is 0 Å². The Hall–Kier alpha value is -1.27. The van der Waals surface area contributed by atoms with Crippen molar-refractivity contribution in [2.75, 3.05) is 12.8 Å². The average Bonchev–Trinajstić information content (AvgIpc) is 2.30. The van der Waals surface area contributed by atoms with Crippen molar-refractivity contribution in [3.63, 3.8) is 0 Å². The molecule has 0 fully saturated rings. The number of hydrogen-bond donors (Lipinski definition) is 2. The molecule has 0 amide bonds. The zero-order valence-corrected chi connectivity index (χ0v) is 10.8. The number of aromatic nitrogens is 1. The van der Waals surface area contributed by atoms with Gasteiger partial charge in [-0.05, 0) is 13.0 Å². The molecule has 2 unspecified atom stereocenters.